The molecule has 0 saturated carbocycles. The third-order valence-electron chi connectivity index (χ3n) is 4.71. The second kappa shape index (κ2) is 10.2. The van der Waals surface area contributed by atoms with Gasteiger partial charge in [-0.3, -0.25) is 14.4 Å². The van der Waals surface area contributed by atoms with Gasteiger partial charge in [-0.05, 0) is 46.1 Å². The zero-order valence-corrected chi connectivity index (χ0v) is 18.2. The minimum atomic E-state index is -0.891. The van der Waals surface area contributed by atoms with E-state index in [0.717, 1.165) is 15.6 Å². The van der Waals surface area contributed by atoms with Crippen molar-refractivity contribution < 1.29 is 23.9 Å². The molecule has 2 aromatic carbocycles. The average molecular weight is 475 g/mol. The number of ether oxygens (including phenoxy) is 2. The van der Waals surface area contributed by atoms with Crippen LogP contribution < -0.4 is 10.1 Å². The quantitative estimate of drug-likeness (QED) is 0.623. The lowest BCUT2D eigenvalue weighted by atomic mass is 10.1. The molecule has 0 spiro atoms. The normalized spacial score (nSPS) is 16.0. The monoisotopic (exact) mass is 474 g/mol. The molecule has 2 aromatic rings. The molecule has 1 aliphatic heterocycles. The van der Waals surface area contributed by atoms with E-state index in [0.29, 0.717) is 18.8 Å². The number of amides is 2. The van der Waals surface area contributed by atoms with Crippen molar-refractivity contribution in [3.8, 4) is 16.9 Å². The van der Waals surface area contributed by atoms with E-state index >= 15 is 0 Å². The third kappa shape index (κ3) is 5.38. The first-order valence-corrected chi connectivity index (χ1v) is 10.5. The molecule has 1 N–H and O–H groups in total. The number of halogens is 1. The zero-order valence-electron chi connectivity index (χ0n) is 16.6. The van der Waals surface area contributed by atoms with Gasteiger partial charge in [0, 0.05) is 13.1 Å². The van der Waals surface area contributed by atoms with Gasteiger partial charge in [-0.2, -0.15) is 0 Å². The highest BCUT2D eigenvalue weighted by Crippen LogP contribution is 2.30. The number of benzene rings is 2. The summed E-state index contributed by atoms with van der Waals surface area (Å²) >= 11 is 3.49. The van der Waals surface area contributed by atoms with E-state index in [1.807, 2.05) is 42.5 Å². The van der Waals surface area contributed by atoms with Crippen molar-refractivity contribution in [3.05, 3.63) is 53.0 Å². The summed E-state index contributed by atoms with van der Waals surface area (Å²) in [6.07, 6.45) is -0.180. The summed E-state index contributed by atoms with van der Waals surface area (Å²) in [5.41, 5.74) is 2.09. The Kier molecular flexibility index (Phi) is 7.46. The molecule has 0 radical (unpaired) electrons. The van der Waals surface area contributed by atoms with Gasteiger partial charge in [-0.1, -0.05) is 36.4 Å². The van der Waals surface area contributed by atoms with Crippen LogP contribution in [0.3, 0.4) is 0 Å². The lowest BCUT2D eigenvalue weighted by molar-refractivity contribution is -0.152. The van der Waals surface area contributed by atoms with E-state index < -0.39 is 12.0 Å². The number of carbonyl (C=O) groups excluding carboxylic acids is 3. The van der Waals surface area contributed by atoms with Crippen LogP contribution in [0.25, 0.3) is 11.1 Å². The van der Waals surface area contributed by atoms with Gasteiger partial charge in [-0.15, -0.1) is 0 Å². The summed E-state index contributed by atoms with van der Waals surface area (Å²) in [7, 11) is 0. The fourth-order valence-electron chi connectivity index (χ4n) is 3.24. The van der Waals surface area contributed by atoms with Gasteiger partial charge in [0.05, 0.1) is 17.5 Å². The Morgan fingerprint density at radius 3 is 2.63 bits per heavy atom. The number of hydrogen-bond donors (Lipinski definition) is 1. The summed E-state index contributed by atoms with van der Waals surface area (Å²) in [4.78, 5) is 38.1. The van der Waals surface area contributed by atoms with Crippen LogP contribution in [0, 0.1) is 0 Å². The van der Waals surface area contributed by atoms with Gasteiger partial charge in [0.25, 0.3) is 5.91 Å². The Balaban J connectivity index is 1.65. The number of rotatable bonds is 7. The van der Waals surface area contributed by atoms with E-state index in [1.165, 1.54) is 4.90 Å². The van der Waals surface area contributed by atoms with Crippen LogP contribution in [0.2, 0.25) is 0 Å². The molecular formula is C22H23BrN2O5. The molecular weight excluding hydrogens is 452 g/mol. The fraction of sp³-hybridized carbons (Fsp3) is 0.318. The van der Waals surface area contributed by atoms with Crippen LogP contribution >= 0.6 is 15.9 Å². The zero-order chi connectivity index (χ0) is 21.5. The largest absolute Gasteiger partial charge is 0.483 e. The highest BCUT2D eigenvalue weighted by Gasteiger charge is 2.35. The van der Waals surface area contributed by atoms with E-state index in [2.05, 4.69) is 21.2 Å². The predicted octanol–water partition coefficient (Wildman–Crippen LogP) is 2.78. The van der Waals surface area contributed by atoms with E-state index in [1.54, 1.807) is 13.0 Å². The van der Waals surface area contributed by atoms with Crippen molar-refractivity contribution in [2.45, 2.75) is 19.4 Å². The van der Waals surface area contributed by atoms with Crippen LogP contribution in [0.15, 0.2) is 53.0 Å². The standard InChI is InChI=1S/C22H23BrN2O5/c1-2-29-21(27)13-18-22(28)24-10-11-25(18)20(26)14-30-19-9-8-16(12-17(19)23)15-6-4-3-5-7-15/h3-9,12,18H,2,10-11,13-14H2,1H3,(H,24,28). The summed E-state index contributed by atoms with van der Waals surface area (Å²) in [6.45, 7) is 2.31. The Morgan fingerprint density at radius 1 is 1.17 bits per heavy atom. The lowest BCUT2D eigenvalue weighted by Crippen LogP contribution is -2.58. The third-order valence-corrected chi connectivity index (χ3v) is 5.33. The Labute approximate surface area is 183 Å². The second-order valence-corrected chi connectivity index (χ2v) is 7.56. The predicted molar refractivity (Wildman–Crippen MR) is 115 cm³/mol. The molecule has 1 fully saturated rings. The molecule has 158 valence electrons. The molecule has 1 aliphatic rings. The number of esters is 1. The van der Waals surface area contributed by atoms with Crippen LogP contribution in [0.5, 0.6) is 5.75 Å². The van der Waals surface area contributed by atoms with E-state index in [4.69, 9.17) is 9.47 Å². The van der Waals surface area contributed by atoms with Crippen molar-refractivity contribution in [1.29, 1.82) is 0 Å². The van der Waals surface area contributed by atoms with Crippen molar-refractivity contribution in [2.75, 3.05) is 26.3 Å². The highest BCUT2D eigenvalue weighted by atomic mass is 79.9. The highest BCUT2D eigenvalue weighted by molar-refractivity contribution is 9.10. The minimum Gasteiger partial charge on any atom is -0.483 e. The van der Waals surface area contributed by atoms with Crippen LogP contribution in [-0.2, 0) is 19.1 Å². The van der Waals surface area contributed by atoms with Gasteiger partial charge in [-0.25, -0.2) is 0 Å². The fourth-order valence-corrected chi connectivity index (χ4v) is 3.74. The number of nitrogens with zero attached hydrogens (tertiary/aromatic N) is 1. The molecule has 0 bridgehead atoms. The van der Waals surface area contributed by atoms with Crippen LogP contribution in [0.1, 0.15) is 13.3 Å². The molecule has 1 atom stereocenters. The minimum absolute atomic E-state index is 0.180. The first-order valence-electron chi connectivity index (χ1n) is 9.70. The van der Waals surface area contributed by atoms with E-state index in [9.17, 15) is 14.4 Å². The maximum absolute atomic E-state index is 12.7. The molecule has 0 aliphatic carbocycles. The molecule has 8 heteroatoms. The van der Waals surface area contributed by atoms with Crippen molar-refractivity contribution in [3.63, 3.8) is 0 Å². The summed E-state index contributed by atoms with van der Waals surface area (Å²) < 4.78 is 11.3. The van der Waals surface area contributed by atoms with Gasteiger partial charge in [0.2, 0.25) is 5.91 Å². The van der Waals surface area contributed by atoms with Crippen LogP contribution in [-0.4, -0.2) is 55.0 Å². The SMILES string of the molecule is CCOC(=O)CC1C(=O)NCCN1C(=O)COc1ccc(-c2ccccc2)cc1Br. The lowest BCUT2D eigenvalue weighted by Gasteiger charge is -2.34. The number of nitrogens with one attached hydrogen (secondary N) is 1. The number of hydrogen-bond acceptors (Lipinski definition) is 5. The molecule has 30 heavy (non-hydrogen) atoms. The maximum Gasteiger partial charge on any atom is 0.308 e. The number of carbonyl (C=O) groups is 3. The molecule has 3 rings (SSSR count). The van der Waals surface area contributed by atoms with E-state index in [-0.39, 0.29) is 31.4 Å². The molecule has 0 aromatic heterocycles. The first-order chi connectivity index (χ1) is 14.5. The smallest absolute Gasteiger partial charge is 0.308 e. The topological polar surface area (TPSA) is 84.9 Å². The summed E-state index contributed by atoms with van der Waals surface area (Å²) in [5.74, 6) is -0.724. The summed E-state index contributed by atoms with van der Waals surface area (Å²) in [6, 6.07) is 14.6. The van der Waals surface area contributed by atoms with Gasteiger partial charge >= 0.3 is 5.97 Å². The van der Waals surface area contributed by atoms with Gasteiger partial charge in [0.1, 0.15) is 11.8 Å². The maximum atomic E-state index is 12.7. The molecule has 1 saturated heterocycles. The van der Waals surface area contributed by atoms with Gasteiger partial charge in [0.15, 0.2) is 6.61 Å². The molecule has 2 amide bonds. The Bertz CT molecular complexity index is 919. The van der Waals surface area contributed by atoms with Gasteiger partial charge < -0.3 is 19.7 Å². The molecule has 1 unspecified atom stereocenters. The van der Waals surface area contributed by atoms with Crippen molar-refractivity contribution in [2.24, 2.45) is 0 Å². The Morgan fingerprint density at radius 2 is 1.93 bits per heavy atom. The number of piperazine rings is 1. The average Bonchev–Trinajstić information content (AvgIpc) is 2.75. The first kappa shape index (κ1) is 21.8. The second-order valence-electron chi connectivity index (χ2n) is 6.70. The molecule has 7 nitrogen and oxygen atoms in total. The van der Waals surface area contributed by atoms with Crippen molar-refractivity contribution >= 4 is 33.7 Å². The van der Waals surface area contributed by atoms with Crippen LogP contribution in [0.4, 0.5) is 0 Å². The Hall–Kier alpha value is -2.87. The van der Waals surface area contributed by atoms with Crippen molar-refractivity contribution in [1.82, 2.24) is 10.2 Å². The summed E-state index contributed by atoms with van der Waals surface area (Å²) in [5, 5.41) is 2.68. The molecule has 1 heterocycles.